The van der Waals surface area contributed by atoms with Crippen molar-refractivity contribution in [2.75, 3.05) is 0 Å². The number of aromatic nitrogens is 3. The van der Waals surface area contributed by atoms with Crippen molar-refractivity contribution in [3.8, 4) is 0 Å². The van der Waals surface area contributed by atoms with Gasteiger partial charge in [0.05, 0.1) is 12.3 Å². The number of hydrogen-bond donors (Lipinski definition) is 1. The van der Waals surface area contributed by atoms with Gasteiger partial charge in [-0.2, -0.15) is 5.10 Å². The van der Waals surface area contributed by atoms with Gasteiger partial charge in [-0.3, -0.25) is 0 Å². The highest BCUT2D eigenvalue weighted by Crippen LogP contribution is 2.23. The molecule has 0 spiro atoms. The van der Waals surface area contributed by atoms with Crippen LogP contribution in [0.25, 0.3) is 11.0 Å². The predicted octanol–water partition coefficient (Wildman–Crippen LogP) is 1.22. The first-order valence-corrected chi connectivity index (χ1v) is 4.59. The molecule has 0 saturated heterocycles. The summed E-state index contributed by atoms with van der Waals surface area (Å²) in [6.45, 7) is -0.0791. The van der Waals surface area contributed by atoms with E-state index in [2.05, 4.69) is 26.1 Å². The van der Waals surface area contributed by atoms with Crippen LogP contribution in [-0.2, 0) is 13.7 Å². The van der Waals surface area contributed by atoms with Crippen LogP contribution in [0.1, 0.15) is 5.69 Å². The highest BCUT2D eigenvalue weighted by atomic mass is 79.9. The van der Waals surface area contributed by atoms with E-state index in [0.717, 1.165) is 15.5 Å². The molecule has 0 aromatic carbocycles. The largest absolute Gasteiger partial charge is 0.390 e. The summed E-state index contributed by atoms with van der Waals surface area (Å²) in [5.41, 5.74) is 1.39. The average Bonchev–Trinajstić information content (AvgIpc) is 2.42. The topological polar surface area (TPSA) is 50.9 Å². The van der Waals surface area contributed by atoms with E-state index in [0.29, 0.717) is 5.69 Å². The molecule has 2 heterocycles. The van der Waals surface area contributed by atoms with Crippen LogP contribution in [0.5, 0.6) is 0 Å². The standard InChI is InChI=1S/C8H8BrN3O/c1-12-3-7(9)6-2-5(4-13)10-11-8(6)12/h2-3,13H,4H2,1H3. The highest BCUT2D eigenvalue weighted by molar-refractivity contribution is 9.10. The lowest BCUT2D eigenvalue weighted by atomic mass is 10.3. The van der Waals surface area contributed by atoms with Crippen molar-refractivity contribution in [1.82, 2.24) is 14.8 Å². The van der Waals surface area contributed by atoms with Crippen molar-refractivity contribution >= 4 is 27.0 Å². The number of rotatable bonds is 1. The third kappa shape index (κ3) is 1.34. The molecule has 0 saturated carbocycles. The summed E-state index contributed by atoms with van der Waals surface area (Å²) in [4.78, 5) is 0. The number of hydrogen-bond acceptors (Lipinski definition) is 3. The normalized spacial score (nSPS) is 11.0. The minimum Gasteiger partial charge on any atom is -0.390 e. The number of halogens is 1. The van der Waals surface area contributed by atoms with Crippen LogP contribution < -0.4 is 0 Å². The van der Waals surface area contributed by atoms with Gasteiger partial charge in [-0.05, 0) is 22.0 Å². The van der Waals surface area contributed by atoms with Gasteiger partial charge in [-0.25, -0.2) is 0 Å². The van der Waals surface area contributed by atoms with Crippen molar-refractivity contribution in [3.63, 3.8) is 0 Å². The van der Waals surface area contributed by atoms with Crippen LogP contribution in [0.15, 0.2) is 16.7 Å². The molecule has 1 N–H and O–H groups in total. The second-order valence-corrected chi connectivity index (χ2v) is 3.67. The SMILES string of the molecule is Cn1cc(Br)c2cc(CO)nnc21. The minimum absolute atomic E-state index is 0.0791. The summed E-state index contributed by atoms with van der Waals surface area (Å²) in [5, 5.41) is 17.7. The van der Waals surface area contributed by atoms with Crippen LogP contribution in [0.3, 0.4) is 0 Å². The molecular weight excluding hydrogens is 234 g/mol. The van der Waals surface area contributed by atoms with Gasteiger partial charge in [0, 0.05) is 23.1 Å². The summed E-state index contributed by atoms with van der Waals surface area (Å²) in [7, 11) is 1.90. The first-order chi connectivity index (χ1) is 6.22. The Bertz CT molecular complexity index is 452. The van der Waals surface area contributed by atoms with E-state index in [4.69, 9.17) is 5.11 Å². The van der Waals surface area contributed by atoms with Crippen molar-refractivity contribution in [2.45, 2.75) is 6.61 Å². The molecule has 0 radical (unpaired) electrons. The van der Waals surface area contributed by atoms with E-state index in [1.54, 1.807) is 0 Å². The molecular formula is C8H8BrN3O. The van der Waals surface area contributed by atoms with Gasteiger partial charge in [-0.15, -0.1) is 5.10 Å². The van der Waals surface area contributed by atoms with E-state index in [9.17, 15) is 0 Å². The second kappa shape index (κ2) is 3.08. The number of aliphatic hydroxyl groups excluding tert-OH is 1. The maximum atomic E-state index is 8.87. The lowest BCUT2D eigenvalue weighted by Gasteiger charge is -1.95. The molecule has 0 aliphatic rings. The van der Waals surface area contributed by atoms with Gasteiger partial charge in [-0.1, -0.05) is 0 Å². The van der Waals surface area contributed by atoms with E-state index < -0.39 is 0 Å². The van der Waals surface area contributed by atoms with Crippen LogP contribution in [-0.4, -0.2) is 19.9 Å². The molecule has 0 amide bonds. The summed E-state index contributed by atoms with van der Waals surface area (Å²) in [6.07, 6.45) is 1.92. The van der Waals surface area contributed by atoms with Crippen molar-refractivity contribution in [2.24, 2.45) is 7.05 Å². The monoisotopic (exact) mass is 241 g/mol. The fraction of sp³-hybridized carbons (Fsp3) is 0.250. The van der Waals surface area contributed by atoms with Crippen LogP contribution in [0.4, 0.5) is 0 Å². The summed E-state index contributed by atoms with van der Waals surface area (Å²) in [6, 6.07) is 1.83. The van der Waals surface area contributed by atoms with Gasteiger partial charge in [0.1, 0.15) is 0 Å². The molecule has 68 valence electrons. The summed E-state index contributed by atoms with van der Waals surface area (Å²) >= 11 is 3.41. The van der Waals surface area contributed by atoms with Crippen molar-refractivity contribution in [3.05, 3.63) is 22.4 Å². The molecule has 5 heteroatoms. The maximum absolute atomic E-state index is 8.87. The number of nitrogens with zero attached hydrogens (tertiary/aromatic N) is 3. The van der Waals surface area contributed by atoms with E-state index in [1.807, 2.05) is 23.9 Å². The van der Waals surface area contributed by atoms with Gasteiger partial charge < -0.3 is 9.67 Å². The Hall–Kier alpha value is -0.940. The van der Waals surface area contributed by atoms with Crippen LogP contribution in [0.2, 0.25) is 0 Å². The minimum atomic E-state index is -0.0791. The first-order valence-electron chi connectivity index (χ1n) is 3.80. The second-order valence-electron chi connectivity index (χ2n) is 2.82. The Kier molecular flexibility index (Phi) is 2.05. The smallest absolute Gasteiger partial charge is 0.163 e. The Morgan fingerprint density at radius 2 is 2.31 bits per heavy atom. The van der Waals surface area contributed by atoms with E-state index in [-0.39, 0.29) is 6.61 Å². The number of aryl methyl sites for hydroxylation is 1. The number of aliphatic hydroxyl groups is 1. The van der Waals surface area contributed by atoms with Gasteiger partial charge in [0.2, 0.25) is 0 Å². The molecule has 0 aliphatic carbocycles. The molecule has 0 aliphatic heterocycles. The fourth-order valence-electron chi connectivity index (χ4n) is 1.24. The molecule has 2 rings (SSSR count). The van der Waals surface area contributed by atoms with Crippen molar-refractivity contribution < 1.29 is 5.11 Å². The molecule has 0 fully saturated rings. The van der Waals surface area contributed by atoms with Gasteiger partial charge in [0.15, 0.2) is 5.65 Å². The van der Waals surface area contributed by atoms with Gasteiger partial charge in [0.25, 0.3) is 0 Å². The predicted molar refractivity (Wildman–Crippen MR) is 52.1 cm³/mol. The molecule has 0 bridgehead atoms. The van der Waals surface area contributed by atoms with E-state index >= 15 is 0 Å². The molecule has 2 aromatic heterocycles. The molecule has 4 nitrogen and oxygen atoms in total. The third-order valence-electron chi connectivity index (χ3n) is 1.89. The Balaban J connectivity index is 2.76. The molecule has 0 atom stereocenters. The van der Waals surface area contributed by atoms with Crippen LogP contribution >= 0.6 is 15.9 Å². The Morgan fingerprint density at radius 3 is 3.00 bits per heavy atom. The van der Waals surface area contributed by atoms with E-state index in [1.165, 1.54) is 0 Å². The molecule has 2 aromatic rings. The molecule has 0 unspecified atom stereocenters. The Labute approximate surface area is 83.3 Å². The lowest BCUT2D eigenvalue weighted by molar-refractivity contribution is 0.275. The van der Waals surface area contributed by atoms with Crippen molar-refractivity contribution in [1.29, 1.82) is 0 Å². The maximum Gasteiger partial charge on any atom is 0.163 e. The zero-order valence-corrected chi connectivity index (χ0v) is 8.61. The average molecular weight is 242 g/mol. The molecule has 13 heavy (non-hydrogen) atoms. The summed E-state index contributed by atoms with van der Waals surface area (Å²) < 4.78 is 2.85. The first kappa shape index (κ1) is 8.65. The summed E-state index contributed by atoms with van der Waals surface area (Å²) in [5.74, 6) is 0. The quantitative estimate of drug-likeness (QED) is 0.818. The fourth-order valence-corrected chi connectivity index (χ4v) is 1.84. The highest BCUT2D eigenvalue weighted by Gasteiger charge is 2.06. The number of fused-ring (bicyclic) bond motifs is 1. The zero-order chi connectivity index (χ0) is 9.42. The third-order valence-corrected chi connectivity index (χ3v) is 2.52. The van der Waals surface area contributed by atoms with Gasteiger partial charge >= 0.3 is 0 Å². The van der Waals surface area contributed by atoms with Crippen LogP contribution in [0, 0.1) is 0 Å². The Morgan fingerprint density at radius 1 is 1.54 bits per heavy atom. The zero-order valence-electron chi connectivity index (χ0n) is 7.03. The lowest BCUT2D eigenvalue weighted by Crippen LogP contribution is -1.95.